The number of halogens is 1. The second-order valence-corrected chi connectivity index (χ2v) is 4.81. The first-order chi connectivity index (χ1) is 10.1. The van der Waals surface area contributed by atoms with Crippen LogP contribution in [-0.4, -0.2) is 24.1 Å². The van der Waals surface area contributed by atoms with Gasteiger partial charge in [0, 0.05) is 11.4 Å². The summed E-state index contributed by atoms with van der Waals surface area (Å²) in [5, 5.41) is 5.22. The molecule has 0 unspecified atom stereocenters. The van der Waals surface area contributed by atoms with E-state index in [0.717, 1.165) is 0 Å². The van der Waals surface area contributed by atoms with Gasteiger partial charge in [0.1, 0.15) is 10.3 Å². The van der Waals surface area contributed by atoms with Crippen molar-refractivity contribution >= 4 is 39.3 Å². The van der Waals surface area contributed by atoms with E-state index in [1.54, 1.807) is 42.5 Å². The standard InChI is InChI=1S/C14H12BrN3O3/c1-21-14(20)17-10-5-2-4-9(8-10)16-13(19)11-6-3-7-12(15)18-11/h2-8H,1H3,(H,16,19)(H,17,20). The van der Waals surface area contributed by atoms with Crippen LogP contribution in [0.25, 0.3) is 0 Å². The molecule has 0 bridgehead atoms. The third kappa shape index (κ3) is 4.28. The first-order valence-corrected chi connectivity index (χ1v) is 6.77. The summed E-state index contributed by atoms with van der Waals surface area (Å²) in [5.41, 5.74) is 1.34. The molecule has 2 N–H and O–H groups in total. The number of ether oxygens (including phenoxy) is 1. The number of aromatic nitrogens is 1. The monoisotopic (exact) mass is 349 g/mol. The van der Waals surface area contributed by atoms with Gasteiger partial charge in [-0.1, -0.05) is 12.1 Å². The van der Waals surface area contributed by atoms with E-state index in [4.69, 9.17) is 0 Å². The molecule has 0 spiro atoms. The van der Waals surface area contributed by atoms with Crippen LogP contribution in [0.1, 0.15) is 10.5 Å². The number of anilines is 2. The average Bonchev–Trinajstić information content (AvgIpc) is 2.47. The summed E-state index contributed by atoms with van der Waals surface area (Å²) >= 11 is 3.21. The molecule has 0 fully saturated rings. The summed E-state index contributed by atoms with van der Waals surface area (Å²) in [4.78, 5) is 27.3. The van der Waals surface area contributed by atoms with Gasteiger partial charge >= 0.3 is 6.09 Å². The number of carbonyl (C=O) groups is 2. The number of nitrogens with one attached hydrogen (secondary N) is 2. The summed E-state index contributed by atoms with van der Waals surface area (Å²) in [7, 11) is 1.28. The van der Waals surface area contributed by atoms with Crippen LogP contribution in [0.15, 0.2) is 47.1 Å². The molecule has 0 saturated carbocycles. The molecule has 2 rings (SSSR count). The van der Waals surface area contributed by atoms with Crippen LogP contribution < -0.4 is 10.6 Å². The molecule has 0 aliphatic carbocycles. The molecule has 2 amide bonds. The molecule has 0 atom stereocenters. The number of rotatable bonds is 3. The minimum absolute atomic E-state index is 0.288. The van der Waals surface area contributed by atoms with Gasteiger partial charge in [-0.15, -0.1) is 0 Å². The molecule has 2 aromatic rings. The molecule has 21 heavy (non-hydrogen) atoms. The minimum Gasteiger partial charge on any atom is -0.453 e. The number of methoxy groups -OCH3 is 1. The van der Waals surface area contributed by atoms with Gasteiger partial charge in [0.2, 0.25) is 0 Å². The van der Waals surface area contributed by atoms with Crippen molar-refractivity contribution < 1.29 is 14.3 Å². The number of benzene rings is 1. The van der Waals surface area contributed by atoms with Gasteiger partial charge in [0.25, 0.3) is 5.91 Å². The molecule has 1 heterocycles. The van der Waals surface area contributed by atoms with E-state index in [1.807, 2.05) is 0 Å². The molecule has 1 aromatic heterocycles. The highest BCUT2D eigenvalue weighted by molar-refractivity contribution is 9.10. The van der Waals surface area contributed by atoms with Crippen molar-refractivity contribution in [2.24, 2.45) is 0 Å². The lowest BCUT2D eigenvalue weighted by Crippen LogP contribution is -2.14. The Labute approximate surface area is 129 Å². The molecule has 0 saturated heterocycles. The summed E-state index contributed by atoms with van der Waals surface area (Å²) in [6.45, 7) is 0. The maximum absolute atomic E-state index is 12.0. The highest BCUT2D eigenvalue weighted by Gasteiger charge is 2.09. The third-order valence-electron chi connectivity index (χ3n) is 2.50. The number of hydrogen-bond donors (Lipinski definition) is 2. The molecular weight excluding hydrogens is 338 g/mol. The molecule has 0 radical (unpaired) electrons. The van der Waals surface area contributed by atoms with Crippen molar-refractivity contribution in [3.8, 4) is 0 Å². The molecular formula is C14H12BrN3O3. The van der Waals surface area contributed by atoms with Crippen molar-refractivity contribution in [3.63, 3.8) is 0 Å². The zero-order chi connectivity index (χ0) is 15.2. The zero-order valence-corrected chi connectivity index (χ0v) is 12.7. The number of nitrogens with zero attached hydrogens (tertiary/aromatic N) is 1. The van der Waals surface area contributed by atoms with Gasteiger partial charge in [-0.25, -0.2) is 9.78 Å². The number of amides is 2. The molecule has 108 valence electrons. The topological polar surface area (TPSA) is 80.3 Å². The molecule has 0 aliphatic rings. The van der Waals surface area contributed by atoms with Gasteiger partial charge in [0.05, 0.1) is 7.11 Å². The van der Waals surface area contributed by atoms with Crippen molar-refractivity contribution in [1.82, 2.24) is 4.98 Å². The SMILES string of the molecule is COC(=O)Nc1cccc(NC(=O)c2cccc(Br)n2)c1. The Morgan fingerprint density at radius 1 is 1.10 bits per heavy atom. The lowest BCUT2D eigenvalue weighted by atomic mass is 10.2. The Hall–Kier alpha value is -2.41. The van der Waals surface area contributed by atoms with Crippen molar-refractivity contribution in [2.45, 2.75) is 0 Å². The van der Waals surface area contributed by atoms with Crippen molar-refractivity contribution in [1.29, 1.82) is 0 Å². The van der Waals surface area contributed by atoms with Crippen LogP contribution >= 0.6 is 15.9 Å². The quantitative estimate of drug-likeness (QED) is 0.833. The molecule has 1 aromatic carbocycles. The van der Waals surface area contributed by atoms with Crippen molar-refractivity contribution in [2.75, 3.05) is 17.7 Å². The predicted octanol–water partition coefficient (Wildman–Crippen LogP) is 3.27. The Bertz CT molecular complexity index is 676. The first kappa shape index (κ1) is 15.0. The Balaban J connectivity index is 2.11. The lowest BCUT2D eigenvalue weighted by Gasteiger charge is -2.08. The van der Waals surface area contributed by atoms with Gasteiger partial charge in [-0.2, -0.15) is 0 Å². The molecule has 7 heteroatoms. The van der Waals surface area contributed by atoms with E-state index in [9.17, 15) is 9.59 Å². The van der Waals surface area contributed by atoms with Crippen LogP contribution in [0.4, 0.5) is 16.2 Å². The van der Waals surface area contributed by atoms with Gasteiger partial charge in [0.15, 0.2) is 0 Å². The second kappa shape index (κ2) is 6.85. The average molecular weight is 350 g/mol. The van der Waals surface area contributed by atoms with E-state index in [0.29, 0.717) is 16.0 Å². The van der Waals surface area contributed by atoms with E-state index < -0.39 is 6.09 Å². The normalized spacial score (nSPS) is 9.81. The largest absolute Gasteiger partial charge is 0.453 e. The fourth-order valence-corrected chi connectivity index (χ4v) is 1.92. The van der Waals surface area contributed by atoms with Crippen LogP contribution in [0.2, 0.25) is 0 Å². The van der Waals surface area contributed by atoms with Crippen LogP contribution in [0.5, 0.6) is 0 Å². The summed E-state index contributed by atoms with van der Waals surface area (Å²) in [5.74, 6) is -0.341. The third-order valence-corrected chi connectivity index (χ3v) is 2.94. The van der Waals surface area contributed by atoms with E-state index in [2.05, 4.69) is 36.3 Å². The Morgan fingerprint density at radius 3 is 2.43 bits per heavy atom. The van der Waals surface area contributed by atoms with E-state index in [-0.39, 0.29) is 11.6 Å². The van der Waals surface area contributed by atoms with E-state index in [1.165, 1.54) is 7.11 Å². The lowest BCUT2D eigenvalue weighted by molar-refractivity contribution is 0.102. The van der Waals surface area contributed by atoms with Gasteiger partial charge in [-0.3, -0.25) is 10.1 Å². The summed E-state index contributed by atoms with van der Waals surface area (Å²) < 4.78 is 5.08. The summed E-state index contributed by atoms with van der Waals surface area (Å²) in [6, 6.07) is 11.8. The highest BCUT2D eigenvalue weighted by atomic mass is 79.9. The summed E-state index contributed by atoms with van der Waals surface area (Å²) in [6.07, 6.45) is -0.577. The smallest absolute Gasteiger partial charge is 0.411 e. The number of hydrogen-bond acceptors (Lipinski definition) is 4. The van der Waals surface area contributed by atoms with Crippen LogP contribution in [0.3, 0.4) is 0 Å². The zero-order valence-electron chi connectivity index (χ0n) is 11.1. The second-order valence-electron chi connectivity index (χ2n) is 4.00. The minimum atomic E-state index is -0.577. The highest BCUT2D eigenvalue weighted by Crippen LogP contribution is 2.16. The fraction of sp³-hybridized carbons (Fsp3) is 0.0714. The maximum atomic E-state index is 12.0. The molecule has 6 nitrogen and oxygen atoms in total. The van der Waals surface area contributed by atoms with Gasteiger partial charge in [-0.05, 0) is 46.3 Å². The van der Waals surface area contributed by atoms with Gasteiger partial charge < -0.3 is 10.1 Å². The van der Waals surface area contributed by atoms with Crippen molar-refractivity contribution in [3.05, 3.63) is 52.8 Å². The Kier molecular flexibility index (Phi) is 4.89. The first-order valence-electron chi connectivity index (χ1n) is 5.97. The number of carbonyl (C=O) groups excluding carboxylic acids is 2. The fourth-order valence-electron chi connectivity index (χ4n) is 1.57. The van der Waals surface area contributed by atoms with Crippen LogP contribution in [-0.2, 0) is 4.74 Å². The predicted molar refractivity (Wildman–Crippen MR) is 82.4 cm³/mol. The molecule has 0 aliphatic heterocycles. The number of pyridine rings is 1. The van der Waals surface area contributed by atoms with E-state index >= 15 is 0 Å². The maximum Gasteiger partial charge on any atom is 0.411 e. The van der Waals surface area contributed by atoms with Crippen LogP contribution in [0, 0.1) is 0 Å². The Morgan fingerprint density at radius 2 is 1.76 bits per heavy atom.